The minimum absolute atomic E-state index is 0.0334. The van der Waals surface area contributed by atoms with Gasteiger partial charge in [0.05, 0.1) is 23.3 Å². The third kappa shape index (κ3) is 3.66. The predicted molar refractivity (Wildman–Crippen MR) is 135 cm³/mol. The number of allylic oxidation sites excluding steroid dienone is 2. The Morgan fingerprint density at radius 3 is 1.66 bits per heavy atom. The monoisotopic (exact) mass is 424 g/mol. The van der Waals surface area contributed by atoms with Crippen LogP contribution in [0.3, 0.4) is 0 Å². The van der Waals surface area contributed by atoms with Gasteiger partial charge in [-0.3, -0.25) is 0 Å². The van der Waals surface area contributed by atoms with Gasteiger partial charge in [-0.1, -0.05) is 24.3 Å². The SMILES string of the molecule is CC1=CC(C)(C)Nc2ccc(C(c3ccc4c(c3)C(C)=CC(C)(C)N4)c3ccco3)cc21. The molecule has 3 nitrogen and oxygen atoms in total. The minimum Gasteiger partial charge on any atom is -0.468 e. The molecule has 3 heteroatoms. The van der Waals surface area contributed by atoms with E-state index >= 15 is 0 Å². The molecule has 0 unspecified atom stereocenters. The fourth-order valence-electron chi connectivity index (χ4n) is 5.33. The van der Waals surface area contributed by atoms with E-state index in [-0.39, 0.29) is 17.0 Å². The molecule has 0 aliphatic carbocycles. The molecule has 2 aromatic carbocycles. The van der Waals surface area contributed by atoms with Crippen LogP contribution in [0.15, 0.2) is 71.4 Å². The van der Waals surface area contributed by atoms with Crippen molar-refractivity contribution in [2.24, 2.45) is 0 Å². The first kappa shape index (κ1) is 20.7. The molecule has 2 aliphatic rings. The molecule has 3 aromatic rings. The number of rotatable bonds is 3. The molecule has 0 bridgehead atoms. The molecule has 32 heavy (non-hydrogen) atoms. The van der Waals surface area contributed by atoms with E-state index in [4.69, 9.17) is 4.42 Å². The molecule has 2 aliphatic heterocycles. The average molecular weight is 425 g/mol. The van der Waals surface area contributed by atoms with E-state index in [9.17, 15) is 0 Å². The van der Waals surface area contributed by atoms with E-state index in [2.05, 4.69) is 107 Å². The maximum atomic E-state index is 5.95. The topological polar surface area (TPSA) is 37.2 Å². The van der Waals surface area contributed by atoms with Gasteiger partial charge in [-0.25, -0.2) is 0 Å². The first-order valence-electron chi connectivity index (χ1n) is 11.4. The Labute approximate surface area is 191 Å². The number of hydrogen-bond acceptors (Lipinski definition) is 3. The first-order chi connectivity index (χ1) is 15.1. The number of furan rings is 1. The summed E-state index contributed by atoms with van der Waals surface area (Å²) in [5, 5.41) is 7.29. The standard InChI is InChI=1S/C29H32N2O/c1-18-16-28(3,4)30-24-11-9-20(14-22(18)24)27(26-8-7-13-32-26)21-10-12-25-23(15-21)19(2)17-29(5,6)31-25/h7-17,27,30-31H,1-6H3. The third-order valence-corrected chi connectivity index (χ3v) is 6.50. The van der Waals surface area contributed by atoms with E-state index in [1.165, 1.54) is 44.8 Å². The van der Waals surface area contributed by atoms with Crippen molar-refractivity contribution in [2.75, 3.05) is 10.6 Å². The van der Waals surface area contributed by atoms with E-state index in [1.807, 2.05) is 6.07 Å². The summed E-state index contributed by atoms with van der Waals surface area (Å²) in [7, 11) is 0. The predicted octanol–water partition coefficient (Wildman–Crippen LogP) is 7.67. The molecule has 0 saturated heterocycles. The highest BCUT2D eigenvalue weighted by Crippen LogP contribution is 2.41. The second kappa shape index (κ2) is 7.16. The largest absolute Gasteiger partial charge is 0.468 e. The fraction of sp³-hybridized carbons (Fsp3) is 0.310. The van der Waals surface area contributed by atoms with Gasteiger partial charge in [0.25, 0.3) is 0 Å². The van der Waals surface area contributed by atoms with Gasteiger partial charge in [0.2, 0.25) is 0 Å². The van der Waals surface area contributed by atoms with Crippen LogP contribution in [0, 0.1) is 0 Å². The van der Waals surface area contributed by atoms with E-state index < -0.39 is 0 Å². The summed E-state index contributed by atoms with van der Waals surface area (Å²) in [4.78, 5) is 0. The van der Waals surface area contributed by atoms with Crippen LogP contribution in [0.1, 0.15) is 75.5 Å². The second-order valence-electron chi connectivity index (χ2n) is 10.4. The number of benzene rings is 2. The number of fused-ring (bicyclic) bond motifs is 2. The van der Waals surface area contributed by atoms with Crippen LogP contribution in [0.2, 0.25) is 0 Å². The normalized spacial score (nSPS) is 18.1. The van der Waals surface area contributed by atoms with Gasteiger partial charge in [0.15, 0.2) is 0 Å². The van der Waals surface area contributed by atoms with Gasteiger partial charge in [0.1, 0.15) is 5.76 Å². The number of nitrogens with one attached hydrogen (secondary N) is 2. The van der Waals surface area contributed by atoms with Crippen molar-refractivity contribution < 1.29 is 4.42 Å². The maximum Gasteiger partial charge on any atom is 0.115 e. The Kier molecular flexibility index (Phi) is 4.63. The van der Waals surface area contributed by atoms with Crippen LogP contribution in [-0.4, -0.2) is 11.1 Å². The molecule has 0 amide bonds. The van der Waals surface area contributed by atoms with Crippen LogP contribution >= 0.6 is 0 Å². The molecule has 164 valence electrons. The van der Waals surface area contributed by atoms with Gasteiger partial charge < -0.3 is 15.1 Å². The van der Waals surface area contributed by atoms with Crippen molar-refractivity contribution >= 4 is 22.5 Å². The van der Waals surface area contributed by atoms with Crippen molar-refractivity contribution in [1.82, 2.24) is 0 Å². The maximum absolute atomic E-state index is 5.95. The highest BCUT2D eigenvalue weighted by molar-refractivity contribution is 5.82. The molecule has 0 spiro atoms. The van der Waals surface area contributed by atoms with Crippen LogP contribution in [-0.2, 0) is 0 Å². The van der Waals surface area contributed by atoms with E-state index in [0.717, 1.165) is 5.76 Å². The summed E-state index contributed by atoms with van der Waals surface area (Å²) in [6, 6.07) is 17.6. The highest BCUT2D eigenvalue weighted by Gasteiger charge is 2.27. The molecule has 0 saturated carbocycles. The zero-order chi connectivity index (χ0) is 22.7. The summed E-state index contributed by atoms with van der Waals surface area (Å²) in [5.41, 5.74) is 9.90. The molecule has 2 N–H and O–H groups in total. The second-order valence-corrected chi connectivity index (χ2v) is 10.4. The van der Waals surface area contributed by atoms with Crippen molar-refractivity contribution in [2.45, 2.75) is 58.5 Å². The van der Waals surface area contributed by atoms with Crippen LogP contribution in [0.4, 0.5) is 11.4 Å². The van der Waals surface area contributed by atoms with E-state index in [0.29, 0.717) is 0 Å². The quantitative estimate of drug-likeness (QED) is 0.453. The molecule has 5 rings (SSSR count). The molecule has 1 aromatic heterocycles. The van der Waals surface area contributed by atoms with Crippen molar-refractivity contribution in [1.29, 1.82) is 0 Å². The molecule has 0 fully saturated rings. The Morgan fingerprint density at radius 2 is 1.22 bits per heavy atom. The zero-order valence-corrected chi connectivity index (χ0v) is 19.8. The molecule has 0 radical (unpaired) electrons. The van der Waals surface area contributed by atoms with Gasteiger partial charge >= 0.3 is 0 Å². The Hall–Kier alpha value is -3.20. The smallest absolute Gasteiger partial charge is 0.115 e. The number of hydrogen-bond donors (Lipinski definition) is 2. The van der Waals surface area contributed by atoms with Gasteiger partial charge in [0, 0.05) is 22.5 Å². The average Bonchev–Trinajstić information content (AvgIpc) is 3.22. The van der Waals surface area contributed by atoms with Crippen molar-refractivity contribution in [3.8, 4) is 0 Å². The fourth-order valence-corrected chi connectivity index (χ4v) is 5.33. The third-order valence-electron chi connectivity index (χ3n) is 6.50. The summed E-state index contributed by atoms with van der Waals surface area (Å²) in [6.45, 7) is 13.2. The minimum atomic E-state index is -0.0395. The zero-order valence-electron chi connectivity index (χ0n) is 19.8. The van der Waals surface area contributed by atoms with Crippen LogP contribution in [0.25, 0.3) is 11.1 Å². The van der Waals surface area contributed by atoms with Gasteiger partial charge in [-0.05, 0) is 100 Å². The molecule has 0 atom stereocenters. The van der Waals surface area contributed by atoms with Crippen molar-refractivity contribution in [3.63, 3.8) is 0 Å². The summed E-state index contributed by atoms with van der Waals surface area (Å²) in [6.07, 6.45) is 6.38. The van der Waals surface area contributed by atoms with Crippen LogP contribution in [0.5, 0.6) is 0 Å². The lowest BCUT2D eigenvalue weighted by atomic mass is 9.83. The lowest BCUT2D eigenvalue weighted by Crippen LogP contribution is -2.31. The van der Waals surface area contributed by atoms with Gasteiger partial charge in [-0.15, -0.1) is 0 Å². The lowest BCUT2D eigenvalue weighted by Gasteiger charge is -2.33. The van der Waals surface area contributed by atoms with Crippen LogP contribution < -0.4 is 10.6 Å². The Morgan fingerprint density at radius 1 is 0.719 bits per heavy atom. The lowest BCUT2D eigenvalue weighted by molar-refractivity contribution is 0.503. The Balaban J connectivity index is 1.63. The summed E-state index contributed by atoms with van der Waals surface area (Å²) < 4.78 is 5.95. The molecule has 3 heterocycles. The summed E-state index contributed by atoms with van der Waals surface area (Å²) in [5.74, 6) is 0.993. The highest BCUT2D eigenvalue weighted by atomic mass is 16.3. The molecular weight excluding hydrogens is 392 g/mol. The Bertz CT molecular complexity index is 1160. The number of anilines is 2. The molecular formula is C29H32N2O. The van der Waals surface area contributed by atoms with Gasteiger partial charge in [-0.2, -0.15) is 0 Å². The van der Waals surface area contributed by atoms with E-state index in [1.54, 1.807) is 6.26 Å². The van der Waals surface area contributed by atoms with Crippen molar-refractivity contribution in [3.05, 3.63) is 95.0 Å². The summed E-state index contributed by atoms with van der Waals surface area (Å²) >= 11 is 0. The first-order valence-corrected chi connectivity index (χ1v) is 11.4.